The highest BCUT2D eigenvalue weighted by Gasteiger charge is 2.17. The lowest BCUT2D eigenvalue weighted by molar-refractivity contribution is 0.301. The third kappa shape index (κ3) is 5.84. The molecule has 2 rings (SSSR count). The number of aliphatic hydroxyl groups excluding tert-OH is 1. The summed E-state index contributed by atoms with van der Waals surface area (Å²) in [6.45, 7) is 7.84. The van der Waals surface area contributed by atoms with Crippen LogP contribution >= 0.6 is 12.2 Å². The summed E-state index contributed by atoms with van der Waals surface area (Å²) in [5.41, 5.74) is 10.1. The number of aliphatic hydroxyl groups is 1. The molecule has 4 N–H and O–H groups in total. The average molecular weight is 403 g/mol. The number of nitrogens with two attached hydrogens (primary N) is 1. The first-order valence-electron chi connectivity index (χ1n) is 9.34. The molecule has 0 aliphatic heterocycles. The Morgan fingerprint density at radius 1 is 1.14 bits per heavy atom. The van der Waals surface area contributed by atoms with E-state index < -0.39 is 0 Å². The smallest absolute Gasteiger partial charge is 0.254 e. The summed E-state index contributed by atoms with van der Waals surface area (Å²) in [5, 5.41) is 11.9. The van der Waals surface area contributed by atoms with E-state index in [2.05, 4.69) is 50.4 Å². The molecule has 5 nitrogen and oxygen atoms in total. The van der Waals surface area contributed by atoms with Crippen LogP contribution in [0.4, 0.5) is 0 Å². The van der Waals surface area contributed by atoms with Crippen molar-refractivity contribution in [2.45, 2.75) is 39.2 Å². The van der Waals surface area contributed by atoms with Crippen LogP contribution in [0.1, 0.15) is 43.0 Å². The lowest BCUT2D eigenvalue weighted by Crippen LogP contribution is -2.21. The molecule has 0 bridgehead atoms. The molecule has 0 aromatic heterocycles. The molecule has 0 aliphatic rings. The van der Waals surface area contributed by atoms with Gasteiger partial charge in [0.1, 0.15) is 6.61 Å². The molecule has 28 heavy (non-hydrogen) atoms. The normalized spacial score (nSPS) is 11.2. The minimum atomic E-state index is -0.233. The van der Waals surface area contributed by atoms with Crippen LogP contribution in [-0.4, -0.2) is 30.5 Å². The summed E-state index contributed by atoms with van der Waals surface area (Å²) in [6, 6.07) is 12.4. The van der Waals surface area contributed by atoms with E-state index in [9.17, 15) is 5.11 Å². The number of rotatable bonds is 8. The van der Waals surface area contributed by atoms with Crippen LogP contribution in [0.2, 0.25) is 0 Å². The molecule has 2 aromatic rings. The maximum Gasteiger partial charge on any atom is 0.254 e. The van der Waals surface area contributed by atoms with Gasteiger partial charge in [-0.15, -0.1) is 0 Å². The molecule has 0 aliphatic carbocycles. The van der Waals surface area contributed by atoms with E-state index in [4.69, 9.17) is 27.4 Å². The first kappa shape index (κ1) is 22.0. The fraction of sp³-hybridized carbons (Fsp3) is 0.409. The van der Waals surface area contributed by atoms with Gasteiger partial charge in [-0.3, -0.25) is 0 Å². The monoisotopic (exact) mass is 402 g/mol. The molecular formula is C22H30N2O3S. The van der Waals surface area contributed by atoms with Gasteiger partial charge in [0.15, 0.2) is 11.5 Å². The first-order valence-corrected chi connectivity index (χ1v) is 9.75. The fourth-order valence-corrected chi connectivity index (χ4v) is 3.08. The zero-order chi connectivity index (χ0) is 20.7. The molecule has 0 saturated heterocycles. The van der Waals surface area contributed by atoms with E-state index in [1.807, 2.05) is 12.1 Å². The van der Waals surface area contributed by atoms with Crippen LogP contribution in [0.5, 0.6) is 11.5 Å². The molecule has 0 heterocycles. The van der Waals surface area contributed by atoms with Gasteiger partial charge in [0.2, 0.25) is 0 Å². The van der Waals surface area contributed by atoms with Gasteiger partial charge in [0.25, 0.3) is 5.17 Å². The predicted octanol–water partition coefficient (Wildman–Crippen LogP) is 3.85. The topological polar surface area (TPSA) is 76.7 Å². The van der Waals surface area contributed by atoms with Gasteiger partial charge in [0, 0.05) is 25.1 Å². The van der Waals surface area contributed by atoms with Crippen molar-refractivity contribution in [1.82, 2.24) is 5.32 Å². The molecule has 0 amide bonds. The van der Waals surface area contributed by atoms with Crippen molar-refractivity contribution in [2.75, 3.05) is 20.3 Å². The molecule has 6 heteroatoms. The molecule has 0 fully saturated rings. The molecule has 2 aromatic carbocycles. The van der Waals surface area contributed by atoms with Crippen molar-refractivity contribution in [3.05, 3.63) is 58.7 Å². The minimum absolute atomic E-state index is 0.109. The second kappa shape index (κ2) is 9.75. The quantitative estimate of drug-likeness (QED) is 0.582. The number of thiocarbonyl (C=S) groups is 1. The van der Waals surface area contributed by atoms with Gasteiger partial charge >= 0.3 is 0 Å². The van der Waals surface area contributed by atoms with Crippen molar-refractivity contribution < 1.29 is 14.6 Å². The zero-order valence-corrected chi connectivity index (χ0v) is 17.9. The number of hydrogen-bond acceptors (Lipinski definition) is 4. The van der Waals surface area contributed by atoms with Gasteiger partial charge < -0.3 is 25.6 Å². The zero-order valence-electron chi connectivity index (χ0n) is 17.0. The summed E-state index contributed by atoms with van der Waals surface area (Å²) in [5.74, 6) is 1.33. The van der Waals surface area contributed by atoms with Crippen molar-refractivity contribution >= 4 is 17.4 Å². The van der Waals surface area contributed by atoms with Crippen LogP contribution in [0.15, 0.2) is 36.4 Å². The van der Waals surface area contributed by atoms with Crippen LogP contribution in [0.3, 0.4) is 0 Å². The summed E-state index contributed by atoms with van der Waals surface area (Å²) in [6.07, 6.45) is 0.669. The summed E-state index contributed by atoms with van der Waals surface area (Å²) < 4.78 is 11.4. The van der Waals surface area contributed by atoms with Crippen LogP contribution < -0.4 is 20.5 Å². The largest absolute Gasteiger partial charge is 0.493 e. The molecule has 0 atom stereocenters. The molecule has 0 spiro atoms. The third-order valence-electron chi connectivity index (χ3n) is 4.53. The highest BCUT2D eigenvalue weighted by molar-refractivity contribution is 7.79. The van der Waals surface area contributed by atoms with E-state index in [-0.39, 0.29) is 10.6 Å². The van der Waals surface area contributed by atoms with Gasteiger partial charge in [-0.1, -0.05) is 51.1 Å². The lowest BCUT2D eigenvalue weighted by atomic mass is 9.86. The second-order valence-electron chi connectivity index (χ2n) is 7.65. The molecular weight excluding hydrogens is 372 g/mol. The van der Waals surface area contributed by atoms with Crippen LogP contribution in [0.25, 0.3) is 0 Å². The van der Waals surface area contributed by atoms with Crippen LogP contribution in [-0.2, 0) is 18.4 Å². The van der Waals surface area contributed by atoms with Gasteiger partial charge in [0.05, 0.1) is 7.11 Å². The van der Waals surface area contributed by atoms with Gasteiger partial charge in [-0.2, -0.15) is 0 Å². The number of benzene rings is 2. The molecule has 0 unspecified atom stereocenters. The highest BCUT2D eigenvalue weighted by Crippen LogP contribution is 2.35. The average Bonchev–Trinajstić information content (AvgIpc) is 2.65. The first-order chi connectivity index (χ1) is 13.3. The lowest BCUT2D eigenvalue weighted by Gasteiger charge is -2.20. The van der Waals surface area contributed by atoms with E-state index in [0.29, 0.717) is 37.6 Å². The van der Waals surface area contributed by atoms with E-state index in [1.165, 1.54) is 5.56 Å². The number of methoxy groups -OCH3 is 1. The van der Waals surface area contributed by atoms with E-state index >= 15 is 0 Å². The molecule has 0 saturated carbocycles. The SMILES string of the molecule is COc1c(OCCN)ccc(CNC(O)=S)c1Cc1ccc(C(C)(C)C)cc1. The number of hydrogen-bond donors (Lipinski definition) is 3. The Hall–Kier alpha value is -2.31. The minimum Gasteiger partial charge on any atom is -0.493 e. The fourth-order valence-electron chi connectivity index (χ4n) is 3.01. The molecule has 152 valence electrons. The van der Waals surface area contributed by atoms with Crippen molar-refractivity contribution in [3.8, 4) is 11.5 Å². The third-order valence-corrected chi connectivity index (χ3v) is 4.68. The Bertz CT molecular complexity index is 799. The summed E-state index contributed by atoms with van der Waals surface area (Å²) in [4.78, 5) is 0. The van der Waals surface area contributed by atoms with E-state index in [1.54, 1.807) is 7.11 Å². The maximum atomic E-state index is 9.35. The number of ether oxygens (including phenoxy) is 2. The van der Waals surface area contributed by atoms with Crippen molar-refractivity contribution in [2.24, 2.45) is 5.73 Å². The Labute approximate surface area is 172 Å². The Morgan fingerprint density at radius 2 is 1.82 bits per heavy atom. The van der Waals surface area contributed by atoms with E-state index in [0.717, 1.165) is 16.7 Å². The Balaban J connectivity index is 2.40. The van der Waals surface area contributed by atoms with Crippen molar-refractivity contribution in [1.29, 1.82) is 0 Å². The van der Waals surface area contributed by atoms with Crippen molar-refractivity contribution in [3.63, 3.8) is 0 Å². The maximum absolute atomic E-state index is 9.35. The summed E-state index contributed by atoms with van der Waals surface area (Å²) >= 11 is 4.74. The second-order valence-corrected chi connectivity index (χ2v) is 8.04. The summed E-state index contributed by atoms with van der Waals surface area (Å²) in [7, 11) is 1.63. The van der Waals surface area contributed by atoms with Gasteiger partial charge in [-0.25, -0.2) is 0 Å². The number of nitrogens with one attached hydrogen (secondary N) is 1. The van der Waals surface area contributed by atoms with Gasteiger partial charge in [-0.05, 0) is 40.4 Å². The Morgan fingerprint density at radius 3 is 2.36 bits per heavy atom. The standard InChI is InChI=1S/C22H30N2O3S/c1-22(2,3)17-8-5-15(6-9-17)13-18-16(14-24-21(25)28)7-10-19(20(18)26-4)27-12-11-23/h5-10H,11-14,23H2,1-4H3,(H2,24,25,28). The van der Waals surface area contributed by atoms with Crippen LogP contribution in [0, 0.1) is 0 Å². The highest BCUT2D eigenvalue weighted by atomic mass is 32.1. The predicted molar refractivity (Wildman–Crippen MR) is 118 cm³/mol. The Kier molecular flexibility index (Phi) is 7.66. The molecule has 0 radical (unpaired) electrons.